The molecule has 0 bridgehead atoms. The van der Waals surface area contributed by atoms with Crippen LogP contribution in [-0.2, 0) is 0 Å². The zero-order valence-corrected chi connectivity index (χ0v) is 14.0. The molecule has 24 heavy (non-hydrogen) atoms. The van der Waals surface area contributed by atoms with E-state index in [2.05, 4.69) is 28.1 Å². The zero-order chi connectivity index (χ0) is 15.9. The molecule has 2 aromatic heterocycles. The predicted molar refractivity (Wildman–Crippen MR) is 97.8 cm³/mol. The van der Waals surface area contributed by atoms with Crippen LogP contribution in [0.4, 0.5) is 5.13 Å². The minimum atomic E-state index is 0.406. The van der Waals surface area contributed by atoms with Crippen LogP contribution in [0.25, 0.3) is 21.3 Å². The Labute approximate surface area is 143 Å². The summed E-state index contributed by atoms with van der Waals surface area (Å²) in [5, 5.41) is 1.13. The second kappa shape index (κ2) is 5.60. The van der Waals surface area contributed by atoms with Gasteiger partial charge in [0, 0.05) is 19.0 Å². The fourth-order valence-corrected chi connectivity index (χ4v) is 4.39. The Morgan fingerprint density at radius 3 is 2.46 bits per heavy atom. The molecule has 0 saturated carbocycles. The van der Waals surface area contributed by atoms with Gasteiger partial charge in [-0.05, 0) is 37.1 Å². The summed E-state index contributed by atoms with van der Waals surface area (Å²) in [5.41, 5.74) is 2.95. The Balaban J connectivity index is 1.34. The molecule has 3 heterocycles. The molecule has 0 N–H and O–H groups in total. The number of benzene rings is 2. The van der Waals surface area contributed by atoms with Crippen molar-refractivity contribution in [3.8, 4) is 0 Å². The molecule has 2 aromatic carbocycles. The molecular weight excluding hydrogens is 318 g/mol. The molecule has 0 radical (unpaired) electrons. The Kier molecular flexibility index (Phi) is 3.26. The van der Waals surface area contributed by atoms with Crippen LogP contribution in [0.3, 0.4) is 0 Å². The average molecular weight is 335 g/mol. The quantitative estimate of drug-likeness (QED) is 0.526. The average Bonchev–Trinajstić information content (AvgIpc) is 3.25. The standard InChI is InChI=1S/C19H17N3OS/c1-3-7-16-14(5-1)20-18(23-16)13-9-11-22(12-10-13)19-21-15-6-2-4-8-17(15)24-19/h1-8,13H,9-12H2. The monoisotopic (exact) mass is 335 g/mol. The van der Waals surface area contributed by atoms with E-state index in [0.717, 1.165) is 53.6 Å². The number of fused-ring (bicyclic) bond motifs is 2. The van der Waals surface area contributed by atoms with Gasteiger partial charge in [0.05, 0.1) is 10.2 Å². The van der Waals surface area contributed by atoms with E-state index >= 15 is 0 Å². The van der Waals surface area contributed by atoms with Crippen molar-refractivity contribution in [2.24, 2.45) is 0 Å². The van der Waals surface area contributed by atoms with Gasteiger partial charge >= 0.3 is 0 Å². The highest BCUT2D eigenvalue weighted by atomic mass is 32.1. The Bertz CT molecular complexity index is 850. The van der Waals surface area contributed by atoms with Gasteiger partial charge in [0.1, 0.15) is 5.52 Å². The Morgan fingerprint density at radius 1 is 0.917 bits per heavy atom. The number of thiazole rings is 1. The highest BCUT2D eigenvalue weighted by Gasteiger charge is 2.26. The molecule has 0 atom stereocenters. The first kappa shape index (κ1) is 14.0. The van der Waals surface area contributed by atoms with Crippen molar-refractivity contribution in [1.29, 1.82) is 0 Å². The fourth-order valence-electron chi connectivity index (χ4n) is 3.38. The largest absolute Gasteiger partial charge is 0.440 e. The Morgan fingerprint density at radius 2 is 1.67 bits per heavy atom. The van der Waals surface area contributed by atoms with Crippen LogP contribution in [0.2, 0.25) is 0 Å². The van der Waals surface area contributed by atoms with E-state index in [1.54, 1.807) is 11.3 Å². The molecule has 4 aromatic rings. The third-order valence-electron chi connectivity index (χ3n) is 4.71. The smallest absolute Gasteiger partial charge is 0.198 e. The number of para-hydroxylation sites is 3. The predicted octanol–water partition coefficient (Wildman–Crippen LogP) is 4.82. The van der Waals surface area contributed by atoms with Gasteiger partial charge in [-0.25, -0.2) is 9.97 Å². The summed E-state index contributed by atoms with van der Waals surface area (Å²) in [4.78, 5) is 11.8. The van der Waals surface area contributed by atoms with Crippen LogP contribution in [0.1, 0.15) is 24.7 Å². The molecule has 0 aliphatic carbocycles. The van der Waals surface area contributed by atoms with E-state index in [4.69, 9.17) is 9.40 Å². The van der Waals surface area contributed by atoms with E-state index in [9.17, 15) is 0 Å². The zero-order valence-electron chi connectivity index (χ0n) is 13.2. The molecule has 0 amide bonds. The highest BCUT2D eigenvalue weighted by Crippen LogP contribution is 2.34. The lowest BCUT2D eigenvalue weighted by atomic mass is 9.97. The lowest BCUT2D eigenvalue weighted by Crippen LogP contribution is -2.32. The lowest BCUT2D eigenvalue weighted by molar-refractivity contribution is 0.407. The molecule has 0 spiro atoms. The van der Waals surface area contributed by atoms with Gasteiger partial charge in [-0.2, -0.15) is 0 Å². The number of anilines is 1. The summed E-state index contributed by atoms with van der Waals surface area (Å²) in [6, 6.07) is 16.3. The van der Waals surface area contributed by atoms with E-state index in [0.29, 0.717) is 5.92 Å². The molecule has 1 aliphatic heterocycles. The molecule has 1 aliphatic rings. The summed E-state index contributed by atoms with van der Waals surface area (Å²) in [6.45, 7) is 2.01. The molecule has 1 saturated heterocycles. The maximum atomic E-state index is 5.95. The van der Waals surface area contributed by atoms with Crippen LogP contribution >= 0.6 is 11.3 Å². The first-order valence-corrected chi connectivity index (χ1v) is 9.14. The van der Waals surface area contributed by atoms with E-state index in [-0.39, 0.29) is 0 Å². The molecule has 4 nitrogen and oxygen atoms in total. The van der Waals surface area contributed by atoms with Crippen LogP contribution in [0.15, 0.2) is 52.9 Å². The molecule has 5 heteroatoms. The van der Waals surface area contributed by atoms with Crippen molar-refractivity contribution in [3.05, 3.63) is 54.4 Å². The number of aromatic nitrogens is 2. The number of oxazole rings is 1. The van der Waals surface area contributed by atoms with E-state index in [1.165, 1.54) is 4.70 Å². The molecular formula is C19H17N3OS. The molecule has 0 unspecified atom stereocenters. The minimum absolute atomic E-state index is 0.406. The molecule has 120 valence electrons. The summed E-state index contributed by atoms with van der Waals surface area (Å²) in [6.07, 6.45) is 2.12. The summed E-state index contributed by atoms with van der Waals surface area (Å²) < 4.78 is 7.21. The molecule has 5 rings (SSSR count). The summed E-state index contributed by atoms with van der Waals surface area (Å²) in [5.74, 6) is 1.29. The van der Waals surface area contributed by atoms with Crippen molar-refractivity contribution in [1.82, 2.24) is 9.97 Å². The molecule has 1 fully saturated rings. The number of rotatable bonds is 2. The van der Waals surface area contributed by atoms with Crippen LogP contribution in [0.5, 0.6) is 0 Å². The van der Waals surface area contributed by atoms with Gasteiger partial charge in [-0.1, -0.05) is 35.6 Å². The Hall–Kier alpha value is -2.40. The first-order valence-electron chi connectivity index (χ1n) is 8.33. The highest BCUT2D eigenvalue weighted by molar-refractivity contribution is 7.22. The van der Waals surface area contributed by atoms with Crippen molar-refractivity contribution < 1.29 is 4.42 Å². The number of hydrogen-bond donors (Lipinski definition) is 0. The van der Waals surface area contributed by atoms with Crippen molar-refractivity contribution in [3.63, 3.8) is 0 Å². The normalized spacial score (nSPS) is 16.2. The maximum absolute atomic E-state index is 5.95. The number of nitrogens with zero attached hydrogens (tertiary/aromatic N) is 3. The fraction of sp³-hybridized carbons (Fsp3) is 0.263. The van der Waals surface area contributed by atoms with Gasteiger partial charge in [-0.3, -0.25) is 0 Å². The van der Waals surface area contributed by atoms with Crippen LogP contribution in [0, 0.1) is 0 Å². The van der Waals surface area contributed by atoms with Gasteiger partial charge in [0.2, 0.25) is 0 Å². The lowest BCUT2D eigenvalue weighted by Gasteiger charge is -2.30. The minimum Gasteiger partial charge on any atom is -0.440 e. The summed E-state index contributed by atoms with van der Waals surface area (Å²) >= 11 is 1.78. The van der Waals surface area contributed by atoms with Gasteiger partial charge in [0.15, 0.2) is 16.6 Å². The van der Waals surface area contributed by atoms with Crippen molar-refractivity contribution in [2.45, 2.75) is 18.8 Å². The second-order valence-corrected chi connectivity index (χ2v) is 7.25. The third kappa shape index (κ3) is 2.36. The second-order valence-electron chi connectivity index (χ2n) is 6.25. The number of piperidine rings is 1. The summed E-state index contributed by atoms with van der Waals surface area (Å²) in [7, 11) is 0. The van der Waals surface area contributed by atoms with Crippen molar-refractivity contribution in [2.75, 3.05) is 18.0 Å². The van der Waals surface area contributed by atoms with Gasteiger partial charge in [0.25, 0.3) is 0 Å². The third-order valence-corrected chi connectivity index (χ3v) is 5.80. The maximum Gasteiger partial charge on any atom is 0.198 e. The van der Waals surface area contributed by atoms with Crippen LogP contribution < -0.4 is 4.90 Å². The SMILES string of the molecule is c1ccc2oc(C3CCN(c4nc5ccccc5s4)CC3)nc2c1. The van der Waals surface area contributed by atoms with Gasteiger partial charge in [-0.15, -0.1) is 0 Å². The topological polar surface area (TPSA) is 42.2 Å². The van der Waals surface area contributed by atoms with E-state index < -0.39 is 0 Å². The number of hydrogen-bond acceptors (Lipinski definition) is 5. The van der Waals surface area contributed by atoms with Crippen LogP contribution in [-0.4, -0.2) is 23.1 Å². The van der Waals surface area contributed by atoms with Crippen molar-refractivity contribution >= 4 is 37.8 Å². The first-order chi connectivity index (χ1) is 11.9. The van der Waals surface area contributed by atoms with E-state index in [1.807, 2.05) is 30.3 Å². The van der Waals surface area contributed by atoms with Gasteiger partial charge < -0.3 is 9.32 Å².